The van der Waals surface area contributed by atoms with Crippen LogP contribution < -0.4 is 5.32 Å². The molecule has 0 aromatic carbocycles. The van der Waals surface area contributed by atoms with Gasteiger partial charge in [0.15, 0.2) is 0 Å². The van der Waals surface area contributed by atoms with Crippen LogP contribution in [0.15, 0.2) is 0 Å². The molecule has 15 heavy (non-hydrogen) atoms. The zero-order chi connectivity index (χ0) is 11.3. The van der Waals surface area contributed by atoms with Gasteiger partial charge >= 0.3 is 6.03 Å². The monoisotopic (exact) mass is 234 g/mol. The molecule has 1 heterocycles. The maximum Gasteiger partial charge on any atom is 0.317 e. The molecular formula is C9H18N2O3S. The Bertz CT molecular complexity index is 307. The molecule has 0 aliphatic carbocycles. The number of nitrogens with one attached hydrogen (secondary N) is 1. The van der Waals surface area contributed by atoms with Gasteiger partial charge in [0.1, 0.15) is 9.84 Å². The Hall–Kier alpha value is -0.780. The van der Waals surface area contributed by atoms with E-state index < -0.39 is 9.84 Å². The summed E-state index contributed by atoms with van der Waals surface area (Å²) in [6.07, 6.45) is 4.42. The van der Waals surface area contributed by atoms with E-state index in [2.05, 4.69) is 5.32 Å². The third-order valence-corrected chi connectivity index (χ3v) is 3.34. The molecule has 1 aliphatic heterocycles. The van der Waals surface area contributed by atoms with Gasteiger partial charge in [0, 0.05) is 25.9 Å². The van der Waals surface area contributed by atoms with Crippen LogP contribution in [0.3, 0.4) is 0 Å². The van der Waals surface area contributed by atoms with E-state index in [0.29, 0.717) is 0 Å². The lowest BCUT2D eigenvalue weighted by Gasteiger charge is -2.26. The molecule has 0 unspecified atom stereocenters. The zero-order valence-corrected chi connectivity index (χ0v) is 9.85. The summed E-state index contributed by atoms with van der Waals surface area (Å²) in [4.78, 5) is 13.2. The van der Waals surface area contributed by atoms with Crippen LogP contribution in [-0.4, -0.2) is 51.0 Å². The lowest BCUT2D eigenvalue weighted by molar-refractivity contribution is 0.187. The molecule has 88 valence electrons. The third-order valence-electron chi connectivity index (χ3n) is 2.39. The van der Waals surface area contributed by atoms with Crippen LogP contribution in [0.1, 0.15) is 19.3 Å². The Balaban J connectivity index is 2.23. The average molecular weight is 234 g/mol. The summed E-state index contributed by atoms with van der Waals surface area (Å²) in [6.45, 7) is 1.77. The molecular weight excluding hydrogens is 216 g/mol. The van der Waals surface area contributed by atoms with E-state index in [1.54, 1.807) is 4.90 Å². The van der Waals surface area contributed by atoms with Crippen molar-refractivity contribution >= 4 is 15.9 Å². The van der Waals surface area contributed by atoms with E-state index in [-0.39, 0.29) is 18.3 Å². The molecule has 1 fully saturated rings. The third kappa shape index (κ3) is 5.01. The molecule has 6 heteroatoms. The number of sulfone groups is 1. The predicted molar refractivity (Wildman–Crippen MR) is 58.5 cm³/mol. The maximum absolute atomic E-state index is 11.5. The molecule has 0 aromatic rings. The van der Waals surface area contributed by atoms with Gasteiger partial charge < -0.3 is 10.2 Å². The highest BCUT2D eigenvalue weighted by Crippen LogP contribution is 2.08. The normalized spacial score (nSPS) is 17.5. The SMILES string of the molecule is CS(=O)(=O)CCNC(=O)N1CCCCC1. The van der Waals surface area contributed by atoms with Gasteiger partial charge in [-0.05, 0) is 19.3 Å². The number of carbonyl (C=O) groups excluding carboxylic acids is 1. The van der Waals surface area contributed by atoms with E-state index in [4.69, 9.17) is 0 Å². The second-order valence-corrected chi connectivity index (χ2v) is 6.17. The minimum absolute atomic E-state index is 0.00653. The molecule has 0 bridgehead atoms. The van der Waals surface area contributed by atoms with Gasteiger partial charge in [0.2, 0.25) is 0 Å². The van der Waals surface area contributed by atoms with Crippen LogP contribution in [0, 0.1) is 0 Å². The largest absolute Gasteiger partial charge is 0.337 e. The first-order valence-corrected chi connectivity index (χ1v) is 7.25. The second kappa shape index (κ2) is 5.34. The van der Waals surface area contributed by atoms with Crippen molar-refractivity contribution < 1.29 is 13.2 Å². The van der Waals surface area contributed by atoms with Gasteiger partial charge in [0.25, 0.3) is 0 Å². The summed E-state index contributed by atoms with van der Waals surface area (Å²) < 4.78 is 21.6. The topological polar surface area (TPSA) is 66.5 Å². The standard InChI is InChI=1S/C9H18N2O3S/c1-15(13,14)8-5-10-9(12)11-6-3-2-4-7-11/h2-8H2,1H3,(H,10,12). The first-order chi connectivity index (χ1) is 6.99. The van der Waals surface area contributed by atoms with E-state index >= 15 is 0 Å². The summed E-state index contributed by atoms with van der Waals surface area (Å²) in [6, 6.07) is -0.140. The summed E-state index contributed by atoms with van der Waals surface area (Å²) in [5.41, 5.74) is 0. The van der Waals surface area contributed by atoms with Gasteiger partial charge in [-0.3, -0.25) is 0 Å². The van der Waals surface area contributed by atoms with E-state index in [0.717, 1.165) is 25.9 Å². The highest BCUT2D eigenvalue weighted by molar-refractivity contribution is 7.90. The number of urea groups is 1. The lowest BCUT2D eigenvalue weighted by Crippen LogP contribution is -2.44. The molecule has 1 saturated heterocycles. The number of amides is 2. The quantitative estimate of drug-likeness (QED) is 0.760. The van der Waals surface area contributed by atoms with E-state index in [9.17, 15) is 13.2 Å². The van der Waals surface area contributed by atoms with Crippen molar-refractivity contribution in [2.24, 2.45) is 0 Å². The molecule has 5 nitrogen and oxygen atoms in total. The fourth-order valence-electron chi connectivity index (χ4n) is 1.55. The number of piperidine rings is 1. The van der Waals surface area contributed by atoms with Crippen molar-refractivity contribution in [1.82, 2.24) is 10.2 Å². The molecule has 0 radical (unpaired) electrons. The van der Waals surface area contributed by atoms with E-state index in [1.165, 1.54) is 12.7 Å². The number of carbonyl (C=O) groups is 1. The van der Waals surface area contributed by atoms with Gasteiger partial charge in [-0.15, -0.1) is 0 Å². The molecule has 0 atom stereocenters. The van der Waals surface area contributed by atoms with Gasteiger partial charge in [0.05, 0.1) is 5.75 Å². The number of hydrogen-bond acceptors (Lipinski definition) is 3. The first kappa shape index (κ1) is 12.3. The summed E-state index contributed by atoms with van der Waals surface area (Å²) >= 11 is 0. The fraction of sp³-hybridized carbons (Fsp3) is 0.889. The highest BCUT2D eigenvalue weighted by atomic mass is 32.2. The molecule has 0 saturated carbocycles. The van der Waals surface area contributed by atoms with Crippen molar-refractivity contribution in [3.05, 3.63) is 0 Å². The number of rotatable bonds is 3. The number of nitrogens with zero attached hydrogens (tertiary/aromatic N) is 1. The minimum Gasteiger partial charge on any atom is -0.337 e. The minimum atomic E-state index is -2.98. The van der Waals surface area contributed by atoms with Gasteiger partial charge in [-0.25, -0.2) is 13.2 Å². The Morgan fingerprint density at radius 2 is 1.87 bits per heavy atom. The van der Waals surface area contributed by atoms with Gasteiger partial charge in [-0.2, -0.15) is 0 Å². The Kier molecular flexibility index (Phi) is 4.38. The van der Waals surface area contributed by atoms with Crippen molar-refractivity contribution in [2.75, 3.05) is 31.6 Å². The average Bonchev–Trinajstić information content (AvgIpc) is 2.17. The zero-order valence-electron chi connectivity index (χ0n) is 9.03. The number of hydrogen-bond donors (Lipinski definition) is 1. The molecule has 1 N–H and O–H groups in total. The van der Waals surface area contributed by atoms with Crippen LogP contribution in [0.4, 0.5) is 4.79 Å². The lowest BCUT2D eigenvalue weighted by atomic mass is 10.1. The van der Waals surface area contributed by atoms with Crippen molar-refractivity contribution in [2.45, 2.75) is 19.3 Å². The summed E-state index contributed by atoms with van der Waals surface area (Å²) in [5.74, 6) is 0.00653. The van der Waals surface area contributed by atoms with Crippen LogP contribution >= 0.6 is 0 Å². The van der Waals surface area contributed by atoms with Crippen LogP contribution in [0.5, 0.6) is 0 Å². The fourth-order valence-corrected chi connectivity index (χ4v) is 2.03. The first-order valence-electron chi connectivity index (χ1n) is 5.19. The molecule has 1 aliphatic rings. The van der Waals surface area contributed by atoms with Crippen LogP contribution in [-0.2, 0) is 9.84 Å². The predicted octanol–water partition coefficient (Wildman–Crippen LogP) is 0.226. The Labute approximate surface area is 90.7 Å². The molecule has 1 rings (SSSR count). The van der Waals surface area contributed by atoms with Crippen molar-refractivity contribution in [1.29, 1.82) is 0 Å². The molecule has 0 spiro atoms. The maximum atomic E-state index is 11.5. The van der Waals surface area contributed by atoms with Crippen molar-refractivity contribution in [3.8, 4) is 0 Å². The second-order valence-electron chi connectivity index (χ2n) is 3.91. The van der Waals surface area contributed by atoms with Crippen LogP contribution in [0.25, 0.3) is 0 Å². The number of likely N-dealkylation sites (tertiary alicyclic amines) is 1. The molecule has 2 amide bonds. The summed E-state index contributed by atoms with van der Waals surface area (Å²) in [5, 5.41) is 2.62. The summed E-state index contributed by atoms with van der Waals surface area (Å²) in [7, 11) is -2.98. The molecule has 0 aromatic heterocycles. The van der Waals surface area contributed by atoms with Gasteiger partial charge in [-0.1, -0.05) is 0 Å². The Morgan fingerprint density at radius 3 is 2.40 bits per heavy atom. The van der Waals surface area contributed by atoms with Crippen LogP contribution in [0.2, 0.25) is 0 Å². The highest BCUT2D eigenvalue weighted by Gasteiger charge is 2.15. The van der Waals surface area contributed by atoms with Crippen molar-refractivity contribution in [3.63, 3.8) is 0 Å². The smallest absolute Gasteiger partial charge is 0.317 e. The van der Waals surface area contributed by atoms with E-state index in [1.807, 2.05) is 0 Å². The Morgan fingerprint density at radius 1 is 1.27 bits per heavy atom.